The molecular formula is C14H16Cl2FNO. The fraction of sp³-hybridized carbons (Fsp3) is 0.571. The summed E-state index contributed by atoms with van der Waals surface area (Å²) in [5.74, 6) is -0.0285. The maximum Gasteiger partial charge on any atom is 0.143 e. The summed E-state index contributed by atoms with van der Waals surface area (Å²) in [5, 5.41) is 3.71. The Morgan fingerprint density at radius 1 is 1.11 bits per heavy atom. The number of rotatable bonds is 2. The highest BCUT2D eigenvalue weighted by Crippen LogP contribution is 2.36. The van der Waals surface area contributed by atoms with Gasteiger partial charge in [-0.1, -0.05) is 29.6 Å². The second-order valence-corrected chi connectivity index (χ2v) is 6.13. The van der Waals surface area contributed by atoms with E-state index in [9.17, 15) is 4.39 Å². The Labute approximate surface area is 122 Å². The molecule has 1 aromatic rings. The molecule has 0 spiro atoms. The summed E-state index contributed by atoms with van der Waals surface area (Å²) in [4.78, 5) is 0. The molecule has 2 bridgehead atoms. The number of hydrogen-bond acceptors (Lipinski definition) is 2. The van der Waals surface area contributed by atoms with Crippen LogP contribution in [0.3, 0.4) is 0 Å². The Bertz CT molecular complexity index is 471. The van der Waals surface area contributed by atoms with Crippen molar-refractivity contribution in [3.63, 3.8) is 0 Å². The van der Waals surface area contributed by atoms with Gasteiger partial charge in [-0.2, -0.15) is 0 Å². The van der Waals surface area contributed by atoms with Crippen LogP contribution in [0.25, 0.3) is 0 Å². The first kappa shape index (κ1) is 13.5. The quantitative estimate of drug-likeness (QED) is 0.827. The molecule has 5 heteroatoms. The molecule has 2 fully saturated rings. The van der Waals surface area contributed by atoms with Crippen molar-refractivity contribution in [3.05, 3.63) is 28.0 Å². The van der Waals surface area contributed by atoms with E-state index >= 15 is 0 Å². The van der Waals surface area contributed by atoms with Crippen LogP contribution in [-0.2, 0) is 0 Å². The Balaban J connectivity index is 1.73. The van der Waals surface area contributed by atoms with E-state index in [1.165, 1.54) is 25.3 Å². The van der Waals surface area contributed by atoms with Crippen molar-refractivity contribution in [3.8, 4) is 5.75 Å². The summed E-state index contributed by atoms with van der Waals surface area (Å²) < 4.78 is 19.2. The van der Waals surface area contributed by atoms with Crippen LogP contribution in [0.5, 0.6) is 5.75 Å². The van der Waals surface area contributed by atoms with Gasteiger partial charge in [-0.25, -0.2) is 4.39 Å². The fourth-order valence-electron chi connectivity index (χ4n) is 3.09. The molecule has 2 heterocycles. The Morgan fingerprint density at radius 3 is 2.47 bits per heavy atom. The second-order valence-electron chi connectivity index (χ2n) is 5.38. The van der Waals surface area contributed by atoms with Gasteiger partial charge >= 0.3 is 0 Å². The van der Waals surface area contributed by atoms with Crippen LogP contribution in [0.15, 0.2) is 12.1 Å². The highest BCUT2D eigenvalue weighted by Gasteiger charge is 2.32. The van der Waals surface area contributed by atoms with Crippen molar-refractivity contribution in [2.75, 3.05) is 0 Å². The van der Waals surface area contributed by atoms with Gasteiger partial charge in [0.15, 0.2) is 0 Å². The lowest BCUT2D eigenvalue weighted by atomic mass is 9.85. The van der Waals surface area contributed by atoms with Crippen molar-refractivity contribution < 1.29 is 9.13 Å². The molecule has 0 aliphatic carbocycles. The zero-order valence-corrected chi connectivity index (χ0v) is 12.0. The average molecular weight is 304 g/mol. The number of nitrogens with one attached hydrogen (secondary N) is 1. The van der Waals surface area contributed by atoms with E-state index in [1.807, 2.05) is 0 Å². The van der Waals surface area contributed by atoms with E-state index in [2.05, 4.69) is 5.32 Å². The minimum absolute atomic E-state index is 0.0618. The number of piperidine rings is 2. The van der Waals surface area contributed by atoms with Gasteiger partial charge in [-0.3, -0.25) is 0 Å². The topological polar surface area (TPSA) is 21.3 Å². The molecule has 19 heavy (non-hydrogen) atoms. The number of ether oxygens (including phenoxy) is 1. The maximum absolute atomic E-state index is 13.2. The van der Waals surface area contributed by atoms with Gasteiger partial charge in [0.05, 0.1) is 5.02 Å². The molecule has 2 nitrogen and oxygen atoms in total. The van der Waals surface area contributed by atoms with Crippen molar-refractivity contribution in [1.82, 2.24) is 5.32 Å². The van der Waals surface area contributed by atoms with Gasteiger partial charge in [-0.05, 0) is 37.8 Å². The highest BCUT2D eigenvalue weighted by atomic mass is 35.5. The van der Waals surface area contributed by atoms with Crippen LogP contribution in [0.2, 0.25) is 10.0 Å². The molecule has 104 valence electrons. The molecular weight excluding hydrogens is 288 g/mol. The normalized spacial score (nSPS) is 30.2. The summed E-state index contributed by atoms with van der Waals surface area (Å²) in [5.41, 5.74) is 0. The molecule has 3 rings (SSSR count). The third-order valence-electron chi connectivity index (χ3n) is 3.96. The van der Waals surface area contributed by atoms with E-state index in [1.54, 1.807) is 6.07 Å². The van der Waals surface area contributed by atoms with Crippen molar-refractivity contribution in [1.29, 1.82) is 0 Å². The minimum Gasteiger partial charge on any atom is -0.489 e. The molecule has 3 atom stereocenters. The summed E-state index contributed by atoms with van der Waals surface area (Å²) >= 11 is 11.8. The number of fused-ring (bicyclic) bond motifs is 2. The summed E-state index contributed by atoms with van der Waals surface area (Å²) in [6, 6.07) is 3.92. The molecule has 0 saturated carbocycles. The number of halogens is 3. The first-order valence-electron chi connectivity index (χ1n) is 6.69. The fourth-order valence-corrected chi connectivity index (χ4v) is 3.44. The van der Waals surface area contributed by atoms with Gasteiger partial charge in [-0.15, -0.1) is 0 Å². The third-order valence-corrected chi connectivity index (χ3v) is 4.81. The maximum atomic E-state index is 13.2. The zero-order chi connectivity index (χ0) is 13.4. The van der Waals surface area contributed by atoms with Crippen molar-refractivity contribution >= 4 is 23.2 Å². The molecule has 1 N–H and O–H groups in total. The van der Waals surface area contributed by atoms with Crippen LogP contribution >= 0.6 is 23.2 Å². The Kier molecular flexibility index (Phi) is 3.88. The van der Waals surface area contributed by atoms with E-state index in [-0.39, 0.29) is 16.1 Å². The third kappa shape index (κ3) is 2.83. The lowest BCUT2D eigenvalue weighted by Gasteiger charge is -2.40. The average Bonchev–Trinajstić information content (AvgIpc) is 2.39. The molecule has 0 amide bonds. The van der Waals surface area contributed by atoms with E-state index in [4.69, 9.17) is 27.9 Å². The van der Waals surface area contributed by atoms with Crippen LogP contribution in [0, 0.1) is 5.82 Å². The van der Waals surface area contributed by atoms with Gasteiger partial charge < -0.3 is 10.1 Å². The molecule has 0 radical (unpaired) electrons. The summed E-state index contributed by atoms with van der Waals surface area (Å²) in [7, 11) is 0. The molecule has 1 aromatic carbocycles. The molecule has 2 aliphatic rings. The first-order chi connectivity index (χ1) is 9.13. The first-order valence-corrected chi connectivity index (χ1v) is 7.45. The SMILES string of the molecule is Fc1ccc(OC2C[C@H]3CCC[C@@H](C2)N3)c(Cl)c1Cl. The standard InChI is InChI=1S/C14H16Cl2FNO/c15-13-11(17)4-5-12(14(13)16)19-10-6-8-2-1-3-9(7-10)18-8/h4-5,8-10,18H,1-3,6-7H2/t8-,9+,10?. The predicted octanol–water partition coefficient (Wildman–Crippen LogP) is 4.18. The van der Waals surface area contributed by atoms with Crippen LogP contribution < -0.4 is 10.1 Å². The number of benzene rings is 1. The molecule has 2 saturated heterocycles. The molecule has 2 aliphatic heterocycles. The molecule has 1 unspecified atom stereocenters. The van der Waals surface area contributed by atoms with Crippen LogP contribution in [-0.4, -0.2) is 18.2 Å². The van der Waals surface area contributed by atoms with Gasteiger partial charge in [0.1, 0.15) is 22.7 Å². The lowest BCUT2D eigenvalue weighted by Crippen LogP contribution is -2.51. The monoisotopic (exact) mass is 303 g/mol. The zero-order valence-electron chi connectivity index (χ0n) is 10.5. The van der Waals surface area contributed by atoms with Gasteiger partial charge in [0, 0.05) is 12.1 Å². The van der Waals surface area contributed by atoms with Crippen molar-refractivity contribution in [2.24, 2.45) is 0 Å². The van der Waals surface area contributed by atoms with Crippen LogP contribution in [0.1, 0.15) is 32.1 Å². The van der Waals surface area contributed by atoms with E-state index in [0.717, 1.165) is 12.8 Å². The second kappa shape index (κ2) is 5.47. The van der Waals surface area contributed by atoms with Gasteiger partial charge in [0.25, 0.3) is 0 Å². The van der Waals surface area contributed by atoms with Gasteiger partial charge in [0.2, 0.25) is 0 Å². The molecule has 0 aromatic heterocycles. The number of hydrogen-bond donors (Lipinski definition) is 1. The Morgan fingerprint density at radius 2 is 1.79 bits per heavy atom. The largest absolute Gasteiger partial charge is 0.489 e. The Hall–Kier alpha value is -0.510. The minimum atomic E-state index is -0.513. The van der Waals surface area contributed by atoms with Crippen LogP contribution in [0.4, 0.5) is 4.39 Å². The van der Waals surface area contributed by atoms with E-state index in [0.29, 0.717) is 17.8 Å². The summed E-state index contributed by atoms with van der Waals surface area (Å²) in [6.07, 6.45) is 5.78. The van der Waals surface area contributed by atoms with E-state index < -0.39 is 5.82 Å². The van der Waals surface area contributed by atoms with Crippen molar-refractivity contribution in [2.45, 2.75) is 50.3 Å². The smallest absolute Gasteiger partial charge is 0.143 e. The highest BCUT2D eigenvalue weighted by molar-refractivity contribution is 6.43. The summed E-state index contributed by atoms with van der Waals surface area (Å²) in [6.45, 7) is 0. The predicted molar refractivity (Wildman–Crippen MR) is 74.6 cm³/mol. The lowest BCUT2D eigenvalue weighted by molar-refractivity contribution is 0.0927.